The first-order chi connectivity index (χ1) is 13.6. The van der Waals surface area contributed by atoms with E-state index in [1.54, 1.807) is 30.8 Å². The molecule has 0 bridgehead atoms. The summed E-state index contributed by atoms with van der Waals surface area (Å²) in [5, 5.41) is 7.37. The molecular weight excluding hydrogens is 442 g/mol. The highest BCUT2D eigenvalue weighted by molar-refractivity contribution is 9.10. The van der Waals surface area contributed by atoms with Gasteiger partial charge in [0.05, 0.1) is 24.6 Å². The fourth-order valence-electron chi connectivity index (χ4n) is 2.61. The van der Waals surface area contributed by atoms with Gasteiger partial charge in [0.25, 0.3) is 0 Å². The summed E-state index contributed by atoms with van der Waals surface area (Å²) < 4.78 is 11.5. The zero-order chi connectivity index (χ0) is 19.5. The first-order valence-electron chi connectivity index (χ1n) is 8.25. The Balaban J connectivity index is 1.56. The fourth-order valence-corrected chi connectivity index (χ4v) is 3.64. The van der Waals surface area contributed by atoms with Gasteiger partial charge in [-0.2, -0.15) is 5.10 Å². The standard InChI is InChI=1S/C20H14BrN3O3S/c1-26-15-4-2-3-12(7-15)10-22-24-20-23-17(11-28-20)16-9-13-8-14(21)5-6-18(13)27-19(16)25/h2-11H,1H3,(H,23,24)/b22-10-. The Morgan fingerprint density at radius 3 is 3.00 bits per heavy atom. The van der Waals surface area contributed by atoms with Crippen molar-refractivity contribution < 1.29 is 9.15 Å². The molecule has 6 nitrogen and oxygen atoms in total. The number of hydrazone groups is 1. The van der Waals surface area contributed by atoms with E-state index in [0.717, 1.165) is 21.2 Å². The van der Waals surface area contributed by atoms with Crippen molar-refractivity contribution >= 4 is 49.6 Å². The quantitative estimate of drug-likeness (QED) is 0.256. The van der Waals surface area contributed by atoms with Crippen LogP contribution in [0.2, 0.25) is 0 Å². The number of thiazole rings is 1. The van der Waals surface area contributed by atoms with Gasteiger partial charge in [-0.05, 0) is 42.0 Å². The van der Waals surface area contributed by atoms with Crippen LogP contribution in [0.4, 0.5) is 5.13 Å². The lowest BCUT2D eigenvalue weighted by Crippen LogP contribution is -2.03. The zero-order valence-electron chi connectivity index (χ0n) is 14.7. The van der Waals surface area contributed by atoms with Crippen LogP contribution in [-0.4, -0.2) is 18.3 Å². The Bertz CT molecular complexity index is 1230. The predicted molar refractivity (Wildman–Crippen MR) is 116 cm³/mol. The second kappa shape index (κ2) is 7.95. The number of aromatic nitrogens is 1. The topological polar surface area (TPSA) is 76.7 Å². The molecule has 2 heterocycles. The van der Waals surface area contributed by atoms with Crippen LogP contribution in [0.25, 0.3) is 22.2 Å². The second-order valence-corrected chi connectivity index (χ2v) is 7.59. The SMILES string of the molecule is COc1cccc(/C=N\Nc2nc(-c3cc4cc(Br)ccc4oc3=O)cs2)c1. The number of fused-ring (bicyclic) bond motifs is 1. The van der Waals surface area contributed by atoms with E-state index in [4.69, 9.17) is 9.15 Å². The normalized spacial score (nSPS) is 11.2. The van der Waals surface area contributed by atoms with Crippen molar-refractivity contribution in [3.05, 3.63) is 74.4 Å². The Kier molecular flexibility index (Phi) is 5.23. The van der Waals surface area contributed by atoms with Gasteiger partial charge >= 0.3 is 5.63 Å². The fraction of sp³-hybridized carbons (Fsp3) is 0.0500. The third-order valence-electron chi connectivity index (χ3n) is 3.94. The van der Waals surface area contributed by atoms with Crippen LogP contribution >= 0.6 is 27.3 Å². The third-order valence-corrected chi connectivity index (χ3v) is 5.18. The van der Waals surface area contributed by atoms with E-state index in [1.165, 1.54) is 11.3 Å². The number of nitrogens with one attached hydrogen (secondary N) is 1. The molecule has 0 spiro atoms. The summed E-state index contributed by atoms with van der Waals surface area (Å²) in [6.45, 7) is 0. The number of anilines is 1. The molecule has 2 aromatic carbocycles. The van der Waals surface area contributed by atoms with Gasteiger partial charge < -0.3 is 9.15 Å². The molecule has 0 saturated carbocycles. The van der Waals surface area contributed by atoms with Gasteiger partial charge in [-0.1, -0.05) is 28.1 Å². The molecular formula is C20H14BrN3O3S. The summed E-state index contributed by atoms with van der Waals surface area (Å²) in [6, 6.07) is 14.8. The second-order valence-electron chi connectivity index (χ2n) is 5.81. The molecule has 0 fully saturated rings. The summed E-state index contributed by atoms with van der Waals surface area (Å²) in [5.41, 5.74) is 4.84. The molecule has 1 N–H and O–H groups in total. The van der Waals surface area contributed by atoms with E-state index in [0.29, 0.717) is 22.0 Å². The van der Waals surface area contributed by atoms with Crippen molar-refractivity contribution in [2.45, 2.75) is 0 Å². The van der Waals surface area contributed by atoms with Gasteiger partial charge in [-0.15, -0.1) is 11.3 Å². The Labute approximate surface area is 172 Å². The van der Waals surface area contributed by atoms with Gasteiger partial charge in [-0.3, -0.25) is 5.43 Å². The van der Waals surface area contributed by atoms with Gasteiger partial charge in [0.1, 0.15) is 11.3 Å². The smallest absolute Gasteiger partial charge is 0.345 e. The highest BCUT2D eigenvalue weighted by Crippen LogP contribution is 2.26. The molecule has 0 aliphatic heterocycles. The Hall–Kier alpha value is -2.97. The maximum atomic E-state index is 12.3. The van der Waals surface area contributed by atoms with Crippen LogP contribution < -0.4 is 15.8 Å². The lowest BCUT2D eigenvalue weighted by atomic mass is 10.1. The third kappa shape index (κ3) is 3.97. The molecule has 28 heavy (non-hydrogen) atoms. The van der Waals surface area contributed by atoms with E-state index in [1.807, 2.05) is 36.4 Å². The maximum Gasteiger partial charge on any atom is 0.345 e. The molecule has 0 atom stereocenters. The molecule has 0 unspecified atom stereocenters. The monoisotopic (exact) mass is 455 g/mol. The number of halogens is 1. The maximum absolute atomic E-state index is 12.3. The predicted octanol–water partition coefficient (Wildman–Crippen LogP) is 5.13. The number of benzene rings is 2. The molecule has 8 heteroatoms. The zero-order valence-corrected chi connectivity index (χ0v) is 17.1. The number of rotatable bonds is 5. The average molecular weight is 456 g/mol. The minimum atomic E-state index is -0.424. The molecule has 0 saturated heterocycles. The van der Waals surface area contributed by atoms with E-state index in [2.05, 4.69) is 31.4 Å². The molecule has 0 aliphatic rings. The Morgan fingerprint density at radius 1 is 1.25 bits per heavy atom. The number of ether oxygens (including phenoxy) is 1. The van der Waals surface area contributed by atoms with Crippen LogP contribution in [0.5, 0.6) is 5.75 Å². The highest BCUT2D eigenvalue weighted by Gasteiger charge is 2.11. The largest absolute Gasteiger partial charge is 0.497 e. The first-order valence-corrected chi connectivity index (χ1v) is 9.92. The number of hydrogen-bond donors (Lipinski definition) is 1. The van der Waals surface area contributed by atoms with E-state index >= 15 is 0 Å². The molecule has 0 radical (unpaired) electrons. The minimum absolute atomic E-state index is 0.409. The molecule has 140 valence electrons. The van der Waals surface area contributed by atoms with Crippen molar-refractivity contribution in [1.29, 1.82) is 0 Å². The number of nitrogens with zero attached hydrogens (tertiary/aromatic N) is 2. The van der Waals surface area contributed by atoms with E-state index in [9.17, 15) is 4.79 Å². The van der Waals surface area contributed by atoms with Crippen LogP contribution in [0, 0.1) is 0 Å². The average Bonchev–Trinajstić information content (AvgIpc) is 3.16. The van der Waals surface area contributed by atoms with Crippen LogP contribution in [0.15, 0.2) is 72.7 Å². The summed E-state index contributed by atoms with van der Waals surface area (Å²) in [4.78, 5) is 16.7. The van der Waals surface area contributed by atoms with Gasteiger partial charge in [0.15, 0.2) is 0 Å². The molecule has 0 aliphatic carbocycles. The summed E-state index contributed by atoms with van der Waals surface area (Å²) in [7, 11) is 1.62. The van der Waals surface area contributed by atoms with Crippen LogP contribution in [-0.2, 0) is 0 Å². The van der Waals surface area contributed by atoms with Crippen molar-refractivity contribution in [3.8, 4) is 17.0 Å². The number of hydrogen-bond acceptors (Lipinski definition) is 7. The van der Waals surface area contributed by atoms with Crippen molar-refractivity contribution in [2.75, 3.05) is 12.5 Å². The van der Waals surface area contributed by atoms with E-state index in [-0.39, 0.29) is 0 Å². The molecule has 4 rings (SSSR count). The number of methoxy groups -OCH3 is 1. The van der Waals surface area contributed by atoms with E-state index < -0.39 is 5.63 Å². The highest BCUT2D eigenvalue weighted by atomic mass is 79.9. The first kappa shape index (κ1) is 18.4. The van der Waals surface area contributed by atoms with Gasteiger partial charge in [0.2, 0.25) is 5.13 Å². The van der Waals surface area contributed by atoms with Gasteiger partial charge in [-0.25, -0.2) is 9.78 Å². The summed E-state index contributed by atoms with van der Waals surface area (Å²) in [6.07, 6.45) is 1.67. The van der Waals surface area contributed by atoms with Crippen LogP contribution in [0.3, 0.4) is 0 Å². The minimum Gasteiger partial charge on any atom is -0.497 e. The summed E-state index contributed by atoms with van der Waals surface area (Å²) in [5.74, 6) is 0.759. The summed E-state index contributed by atoms with van der Waals surface area (Å²) >= 11 is 4.78. The van der Waals surface area contributed by atoms with Crippen molar-refractivity contribution in [1.82, 2.24) is 4.98 Å². The van der Waals surface area contributed by atoms with Gasteiger partial charge in [0, 0.05) is 15.2 Å². The lowest BCUT2D eigenvalue weighted by Gasteiger charge is -2.00. The van der Waals surface area contributed by atoms with Crippen LogP contribution in [0.1, 0.15) is 5.56 Å². The molecule has 0 amide bonds. The lowest BCUT2D eigenvalue weighted by molar-refractivity contribution is 0.415. The molecule has 2 aromatic heterocycles. The van der Waals surface area contributed by atoms with Crippen molar-refractivity contribution in [3.63, 3.8) is 0 Å². The van der Waals surface area contributed by atoms with Crippen molar-refractivity contribution in [2.24, 2.45) is 5.10 Å². The molecule has 4 aromatic rings. The Morgan fingerprint density at radius 2 is 2.14 bits per heavy atom.